The van der Waals surface area contributed by atoms with E-state index < -0.39 is 217 Å². The molecule has 3 heterocycles. The van der Waals surface area contributed by atoms with Gasteiger partial charge >= 0.3 is 127 Å². The molecule has 3 aliphatic heterocycles. The number of hydrogen-bond donors (Lipinski definition) is 7. The molecule has 0 radical (unpaired) electrons. The Bertz CT molecular complexity index is 4310. The summed E-state index contributed by atoms with van der Waals surface area (Å²) >= 11 is 4.81. The molecule has 0 aromatic heterocycles. The van der Waals surface area contributed by atoms with Gasteiger partial charge in [-0.15, -0.1) is 12.4 Å². The van der Waals surface area contributed by atoms with Crippen molar-refractivity contribution in [3.63, 3.8) is 0 Å². The molecule has 15 aliphatic rings. The number of carbonyl (C=O) groups excluding carboxylic acids is 11. The number of rotatable bonds is 12. The van der Waals surface area contributed by atoms with Crippen LogP contribution in [0.4, 0.5) is 45.5 Å². The first kappa shape index (κ1) is 107. The van der Waals surface area contributed by atoms with Crippen molar-refractivity contribution in [2.75, 3.05) is 66.2 Å². The Hall–Kier alpha value is -3.68. The number of fused-ring (bicyclic) bond motifs is 21. The van der Waals surface area contributed by atoms with E-state index in [2.05, 4.69) is 14.9 Å². The molecule has 0 aromatic rings. The summed E-state index contributed by atoms with van der Waals surface area (Å²) in [7, 11) is 1.00. The van der Waals surface area contributed by atoms with Crippen molar-refractivity contribution in [1.29, 1.82) is 0 Å². The number of halogens is 8. The fourth-order valence-corrected chi connectivity index (χ4v) is 26.7. The van der Waals surface area contributed by atoms with E-state index in [-0.39, 0.29) is 246 Å². The number of hydrogen-bond acceptors (Lipinski definition) is 25. The molecule has 12 aliphatic carbocycles. The molecule has 27 nitrogen and oxygen atoms in total. The van der Waals surface area contributed by atoms with Crippen LogP contribution in [-0.2, 0) is 62.1 Å². The number of nitrogens with one attached hydrogen (secondary N) is 1. The maximum absolute atomic E-state index is 17.6. The van der Waals surface area contributed by atoms with E-state index in [9.17, 15) is 73.5 Å². The monoisotopic (exact) mass is 1850 g/mol. The maximum atomic E-state index is 17.6. The third-order valence-electron chi connectivity index (χ3n) is 31.4. The normalized spacial score (nSPS) is 41.7. The van der Waals surface area contributed by atoms with Gasteiger partial charge in [0.05, 0.1) is 59.0 Å². The molecular formula is C87H119Cl2F6K2N3O24. The van der Waals surface area contributed by atoms with Crippen LogP contribution in [0.5, 0.6) is 0 Å². The van der Waals surface area contributed by atoms with Gasteiger partial charge in [-0.2, -0.15) is 0 Å². The standard InChI is InChI=1S/C31H41F2NO8.C27H35F2NO6.C23H29F2NO4.C4H7ClO2.CH2O3.CH4O.ClH.2K.H/c1-16(2)41-26(38)34-13-18-9-20-21-11-23(32)22-10-19(35)7-8-28(22,5)31(21,33)24(36)12-29(20,6)30(18,15-34)25(37)14-40-27(39)42-17(3)4;1-14(2)36-23(35)30-11-15-7-17-18-9-20(28)19-8-16(32)5-6-24(19,3)27(18,29)21(33)10-25(17,4)26(15,13-30)22(34)12-31;1-20-4-3-13(28)6-16(20)17(24)7-15-14-5-12-9-26-11-22(12,19(30)10-27)21(14,2)8-18(29)23(15,20)25;1-3(2)7-4(5)6;2-1-4-3;1-2;;;;/h7-8,10,16-18,20-21,23-24,36H,9,11-15H2,1-6H3;5-6,8,14-15,17-18,20-21,31,33H,7,9-13H2,1-4H3;3-4,6,12,14-15,17-18,26-27,29H,5,7-11H2,1-2H3;3H,1-2H3;1,3H;2H,1H3;1H;;;/q;;;;;;;2*+1;-1/p-1/t18-,20-,21-,23-,24-,28-,29-,30+,31-;15-,17-,18-,20-,21-,24-,25-,26+,27-;12-,14-,15-,17-,18-,20-,21-,22+,23-;;;;;;;/m000......./s1. The summed E-state index contributed by atoms with van der Waals surface area (Å²) in [5.41, 5.74) is -17.8. The Morgan fingerprint density at radius 1 is 0.524 bits per heavy atom. The number of likely N-dealkylation sites (tertiary alicyclic amines) is 2. The van der Waals surface area contributed by atoms with Crippen LogP contribution in [0.2, 0.25) is 0 Å². The number of ether oxygens (including phenoxy) is 5. The predicted molar refractivity (Wildman–Crippen MR) is 427 cm³/mol. The summed E-state index contributed by atoms with van der Waals surface area (Å²) in [6.07, 6.45) is -0.751. The van der Waals surface area contributed by atoms with Gasteiger partial charge in [0.25, 0.3) is 6.47 Å². The summed E-state index contributed by atoms with van der Waals surface area (Å²) in [6.45, 7) is 23.0. The summed E-state index contributed by atoms with van der Waals surface area (Å²) in [5, 5.41) is 72.9. The second-order valence-electron chi connectivity index (χ2n) is 37.9. The molecule has 2 amide bonds. The van der Waals surface area contributed by atoms with Crippen molar-refractivity contribution in [3.05, 3.63) is 71.4 Å². The number of amides is 2. The van der Waals surface area contributed by atoms with E-state index in [0.29, 0.717) is 32.4 Å². The van der Waals surface area contributed by atoms with E-state index in [1.165, 1.54) is 59.3 Å². The Labute approximate surface area is 816 Å². The Balaban J connectivity index is 0.000000268. The van der Waals surface area contributed by atoms with Crippen LogP contribution in [0.15, 0.2) is 71.4 Å². The van der Waals surface area contributed by atoms with Crippen LogP contribution in [0.3, 0.4) is 0 Å². The minimum absolute atomic E-state index is 0. The number of carbonyl (C=O) groups is 11. The third-order valence-corrected chi connectivity index (χ3v) is 31.5. The number of Topliss-reactive ketones (excluding diaryl/α,β-unsaturated/α-hetero) is 3. The summed E-state index contributed by atoms with van der Waals surface area (Å²) in [4.78, 5) is 139. The van der Waals surface area contributed by atoms with Crippen molar-refractivity contribution in [3.8, 4) is 0 Å². The van der Waals surface area contributed by atoms with Crippen molar-refractivity contribution in [1.82, 2.24) is 15.1 Å². The fraction of sp³-hybridized carbons (Fsp3) is 0.736. The molecule has 9 saturated carbocycles. The minimum atomic E-state index is -2.29. The molecule has 3 saturated heterocycles. The average molecular weight is 1850 g/mol. The number of allylic oxidation sites excluding steroid dienone is 12. The Morgan fingerprint density at radius 2 is 0.831 bits per heavy atom. The molecule has 12 fully saturated rings. The van der Waals surface area contributed by atoms with Gasteiger partial charge in [0.2, 0.25) is 0 Å². The summed E-state index contributed by atoms with van der Waals surface area (Å²) in [6, 6.07) is 0. The van der Waals surface area contributed by atoms with Gasteiger partial charge in [0.15, 0.2) is 58.3 Å². The largest absolute Gasteiger partial charge is 1.00 e. The Kier molecular flexibility index (Phi) is 34.3. The summed E-state index contributed by atoms with van der Waals surface area (Å²) in [5.74, 6) is -7.25. The van der Waals surface area contributed by atoms with Crippen LogP contribution in [-0.4, -0.2) is 250 Å². The van der Waals surface area contributed by atoms with E-state index >= 15 is 26.3 Å². The van der Waals surface area contributed by atoms with Crippen molar-refractivity contribution in [2.24, 2.45) is 102 Å². The number of aliphatic hydroxyl groups is 6. The molecule has 27 atom stereocenters. The van der Waals surface area contributed by atoms with E-state index in [1.807, 2.05) is 20.8 Å². The van der Waals surface area contributed by atoms with Crippen molar-refractivity contribution >= 4 is 88.9 Å². The van der Waals surface area contributed by atoms with Crippen molar-refractivity contribution < 1.29 is 248 Å². The van der Waals surface area contributed by atoms with Crippen molar-refractivity contribution in [2.45, 2.75) is 233 Å². The Morgan fingerprint density at radius 3 is 1.13 bits per heavy atom. The van der Waals surface area contributed by atoms with Crippen LogP contribution >= 0.6 is 24.0 Å². The number of alkyl halides is 6. The number of nitrogens with zero attached hydrogens (tertiary/aromatic N) is 2. The van der Waals surface area contributed by atoms with Gasteiger partial charge in [-0.1, -0.05) is 39.0 Å². The SMILES string of the molecule is CC(C)OC(=O)Cl.CC(C)OC(=O)N1C[C@@H]2C[C@H]3[C@@H]4C[C@H](F)C5=CC(=O)C=C[C@]5(C)[C@@]4(F)[C@@H](O)C[C@]3(C)[C@]2(C(=O)CO)C1.CC(C)OC(=O)OCC(=O)[C@@]12CN(C(=O)OC(C)C)C[C@@H]1C[C@H]1[C@@H]3C[C@H](F)C4=CC(=O)C=C[C@]4(C)[C@@]3(F)[C@@H](O)C[C@@]12C.CO.C[C@]12C=CC(=O)C=C1[C@@H](F)C[C@H]1[C@@H]3C[C@H]4CNC[C@@]4(C(=O)CO)[C@@]3(C)C[C@H](O)[C@@]12F.Cl.O=CO[O-].[H-].[K+].[K+]. The van der Waals surface area contributed by atoms with E-state index in [1.54, 1.807) is 69.2 Å². The van der Waals surface area contributed by atoms with Gasteiger partial charge in [-0.05, 0) is 245 Å². The molecule has 15 rings (SSSR count). The topological polar surface area (TPSA) is 406 Å². The van der Waals surface area contributed by atoms with Gasteiger partial charge in [0.1, 0.15) is 31.7 Å². The van der Waals surface area contributed by atoms with Gasteiger partial charge in [-0.3, -0.25) is 33.6 Å². The minimum Gasteiger partial charge on any atom is -1.00 e. The first-order valence-corrected chi connectivity index (χ1v) is 41.9. The molecule has 684 valence electrons. The first-order chi connectivity index (χ1) is 56.4. The quantitative estimate of drug-likeness (QED) is 0.0215. The van der Waals surface area contributed by atoms with Crippen LogP contribution in [0.25, 0.3) is 0 Å². The maximum Gasteiger partial charge on any atom is 1.00 e. The molecule has 0 aromatic carbocycles. The molecular weight excluding hydrogens is 1730 g/mol. The zero-order valence-corrected chi connectivity index (χ0v) is 81.3. The summed E-state index contributed by atoms with van der Waals surface area (Å²) < 4.78 is 124. The second kappa shape index (κ2) is 39.6. The smallest absolute Gasteiger partial charge is 1.00 e. The molecule has 37 heteroatoms. The molecule has 0 bridgehead atoms. The average Bonchev–Trinajstić information content (AvgIpc) is 1.33. The molecule has 7 N–H and O–H groups in total. The van der Waals surface area contributed by atoms with Crippen LogP contribution < -0.4 is 113 Å². The van der Waals surface area contributed by atoms with Crippen LogP contribution in [0, 0.1) is 102 Å². The fourth-order valence-electron chi connectivity index (χ4n) is 26.5. The zero-order chi connectivity index (χ0) is 90.4. The van der Waals surface area contributed by atoms with E-state index in [0.717, 1.165) is 19.3 Å². The molecule has 124 heavy (non-hydrogen) atoms. The van der Waals surface area contributed by atoms with Gasteiger partial charge in [0, 0.05) is 85.4 Å². The second-order valence-corrected chi connectivity index (χ2v) is 38.2. The molecule has 0 spiro atoms. The van der Waals surface area contributed by atoms with Gasteiger partial charge in [-0.25, -0.2) is 45.5 Å². The molecule has 0 unspecified atom stereocenters. The van der Waals surface area contributed by atoms with Gasteiger partial charge < -0.3 is 81.0 Å². The van der Waals surface area contributed by atoms with Crippen LogP contribution in [0.1, 0.15) is 156 Å². The third kappa shape index (κ3) is 16.9. The number of aliphatic hydroxyl groups excluding tert-OH is 6. The number of ketones is 6. The first-order valence-electron chi connectivity index (χ1n) is 41.6. The van der Waals surface area contributed by atoms with E-state index in [4.69, 9.17) is 45.7 Å². The predicted octanol–water partition coefficient (Wildman–Crippen LogP) is 3.49. The zero-order valence-electron chi connectivity index (χ0n) is 74.5.